The molecule has 20 heavy (non-hydrogen) atoms. The van der Waals surface area contributed by atoms with Crippen LogP contribution in [0.4, 0.5) is 10.1 Å². The van der Waals surface area contributed by atoms with E-state index in [2.05, 4.69) is 20.7 Å². The van der Waals surface area contributed by atoms with Crippen molar-refractivity contribution in [2.24, 2.45) is 0 Å². The monoisotopic (exact) mass is 397 g/mol. The predicted molar refractivity (Wildman–Crippen MR) is 81.4 cm³/mol. The van der Waals surface area contributed by atoms with Crippen molar-refractivity contribution >= 4 is 54.8 Å². The van der Waals surface area contributed by atoms with E-state index in [4.69, 9.17) is 23.2 Å². The van der Waals surface area contributed by atoms with Crippen molar-refractivity contribution in [1.29, 1.82) is 0 Å². The Morgan fingerprint density at radius 2 is 1.65 bits per heavy atom. The lowest BCUT2D eigenvalue weighted by Crippen LogP contribution is -2.14. The summed E-state index contributed by atoms with van der Waals surface area (Å²) in [6, 6.07) is 8.74. The van der Waals surface area contributed by atoms with Crippen molar-refractivity contribution < 1.29 is 12.8 Å². The average Bonchev–Trinajstić information content (AvgIpc) is 2.38. The molecule has 0 bridgehead atoms. The molecule has 0 unspecified atom stereocenters. The highest BCUT2D eigenvalue weighted by Gasteiger charge is 2.22. The van der Waals surface area contributed by atoms with Crippen LogP contribution in [0.25, 0.3) is 0 Å². The molecule has 0 aliphatic carbocycles. The number of rotatable bonds is 3. The fourth-order valence-electron chi connectivity index (χ4n) is 1.44. The van der Waals surface area contributed by atoms with E-state index >= 15 is 0 Å². The first-order chi connectivity index (χ1) is 9.31. The molecule has 2 aromatic carbocycles. The van der Waals surface area contributed by atoms with E-state index < -0.39 is 20.9 Å². The Hall–Kier alpha value is -0.820. The molecule has 1 N–H and O–H groups in total. The van der Waals surface area contributed by atoms with E-state index in [1.165, 1.54) is 0 Å². The zero-order chi connectivity index (χ0) is 14.9. The number of benzene rings is 2. The van der Waals surface area contributed by atoms with Crippen LogP contribution < -0.4 is 4.72 Å². The fourth-order valence-corrected chi connectivity index (χ4v) is 3.51. The first-order valence-electron chi connectivity index (χ1n) is 5.23. The average molecular weight is 399 g/mol. The van der Waals surface area contributed by atoms with Gasteiger partial charge in [-0.3, -0.25) is 4.72 Å². The molecule has 0 aliphatic heterocycles. The normalized spacial score (nSPS) is 11.4. The van der Waals surface area contributed by atoms with Crippen LogP contribution >= 0.6 is 39.1 Å². The summed E-state index contributed by atoms with van der Waals surface area (Å²) >= 11 is 14.5. The molecule has 0 fully saturated rings. The van der Waals surface area contributed by atoms with Crippen LogP contribution in [0.3, 0.4) is 0 Å². The highest BCUT2D eigenvalue weighted by atomic mass is 79.9. The van der Waals surface area contributed by atoms with Crippen LogP contribution in [0.5, 0.6) is 0 Å². The third-order valence-corrected chi connectivity index (χ3v) is 5.11. The molecular formula is C12H7BrCl2FNO2S. The summed E-state index contributed by atoms with van der Waals surface area (Å²) < 4.78 is 41.0. The molecule has 0 spiro atoms. The van der Waals surface area contributed by atoms with Gasteiger partial charge in [-0.2, -0.15) is 0 Å². The second-order valence-electron chi connectivity index (χ2n) is 3.79. The number of halogens is 4. The largest absolute Gasteiger partial charge is 0.280 e. The summed E-state index contributed by atoms with van der Waals surface area (Å²) in [6.07, 6.45) is 0. The van der Waals surface area contributed by atoms with E-state index in [0.717, 1.165) is 16.6 Å². The maximum Gasteiger partial charge on any atom is 0.263 e. The molecule has 2 rings (SSSR count). The van der Waals surface area contributed by atoms with Gasteiger partial charge in [0.1, 0.15) is 4.90 Å². The van der Waals surface area contributed by atoms with Gasteiger partial charge < -0.3 is 0 Å². The molecule has 0 saturated carbocycles. The van der Waals surface area contributed by atoms with Gasteiger partial charge in [-0.1, -0.05) is 39.1 Å². The summed E-state index contributed by atoms with van der Waals surface area (Å²) in [5.74, 6) is -0.966. The van der Waals surface area contributed by atoms with Crippen LogP contribution in [-0.2, 0) is 10.0 Å². The Bertz CT molecular complexity index is 751. The topological polar surface area (TPSA) is 46.2 Å². The number of hydrogen-bond donors (Lipinski definition) is 1. The van der Waals surface area contributed by atoms with Crippen molar-refractivity contribution in [2.75, 3.05) is 4.72 Å². The molecule has 0 saturated heterocycles. The zero-order valence-electron chi connectivity index (χ0n) is 9.70. The minimum absolute atomic E-state index is 0.238. The minimum Gasteiger partial charge on any atom is -0.280 e. The zero-order valence-corrected chi connectivity index (χ0v) is 13.6. The van der Waals surface area contributed by atoms with Crippen LogP contribution in [-0.4, -0.2) is 8.42 Å². The van der Waals surface area contributed by atoms with E-state index in [0.29, 0.717) is 5.69 Å². The number of hydrogen-bond acceptors (Lipinski definition) is 2. The second-order valence-corrected chi connectivity index (χ2v) is 7.14. The molecule has 0 radical (unpaired) electrons. The molecule has 0 amide bonds. The summed E-state index contributed by atoms with van der Waals surface area (Å²) in [5, 5.41) is -0.778. The molecule has 3 nitrogen and oxygen atoms in total. The smallest absolute Gasteiger partial charge is 0.263 e. The molecular weight excluding hydrogens is 392 g/mol. The van der Waals surface area contributed by atoms with Gasteiger partial charge in [0.2, 0.25) is 0 Å². The van der Waals surface area contributed by atoms with Crippen molar-refractivity contribution in [3.8, 4) is 0 Å². The second kappa shape index (κ2) is 5.89. The predicted octanol–water partition coefficient (Wildman–Crippen LogP) is 4.70. The molecule has 0 aromatic heterocycles. The maximum absolute atomic E-state index is 13.6. The Labute approximate surface area is 133 Å². The summed E-state index contributed by atoms with van der Waals surface area (Å²) in [5.41, 5.74) is 0.333. The van der Waals surface area contributed by atoms with Crippen molar-refractivity contribution in [3.05, 3.63) is 56.7 Å². The summed E-state index contributed by atoms with van der Waals surface area (Å²) in [4.78, 5) is -0.371. The van der Waals surface area contributed by atoms with Gasteiger partial charge >= 0.3 is 0 Å². The quantitative estimate of drug-likeness (QED) is 0.762. The fraction of sp³-hybridized carbons (Fsp3) is 0. The van der Waals surface area contributed by atoms with Crippen LogP contribution in [0.15, 0.2) is 45.8 Å². The number of nitrogens with one attached hydrogen (secondary N) is 1. The lowest BCUT2D eigenvalue weighted by atomic mass is 10.3. The maximum atomic E-state index is 13.6. The van der Waals surface area contributed by atoms with Gasteiger partial charge in [0.15, 0.2) is 5.82 Å². The highest BCUT2D eigenvalue weighted by molar-refractivity contribution is 9.10. The van der Waals surface area contributed by atoms with E-state index in [9.17, 15) is 12.8 Å². The van der Waals surface area contributed by atoms with Gasteiger partial charge in [-0.15, -0.1) is 0 Å². The van der Waals surface area contributed by atoms with Gasteiger partial charge in [-0.25, -0.2) is 12.8 Å². The standard InChI is InChI=1S/C12H7BrCl2FNO2S/c13-7-1-3-8(4-2-7)17-20(18,19)10-6-5-9(14)12(16)11(10)15/h1-6,17H. The third-order valence-electron chi connectivity index (χ3n) is 2.39. The van der Waals surface area contributed by atoms with Crippen molar-refractivity contribution in [1.82, 2.24) is 0 Å². The summed E-state index contributed by atoms with van der Waals surface area (Å²) in [7, 11) is -3.99. The SMILES string of the molecule is O=S(=O)(Nc1ccc(Br)cc1)c1ccc(Cl)c(F)c1Cl. The van der Waals surface area contributed by atoms with Gasteiger partial charge in [0.25, 0.3) is 10.0 Å². The van der Waals surface area contributed by atoms with Crippen molar-refractivity contribution in [3.63, 3.8) is 0 Å². The van der Waals surface area contributed by atoms with E-state index in [-0.39, 0.29) is 9.92 Å². The van der Waals surface area contributed by atoms with Crippen LogP contribution in [0, 0.1) is 5.82 Å². The molecule has 0 aliphatic rings. The number of anilines is 1. The van der Waals surface area contributed by atoms with E-state index in [1.54, 1.807) is 24.3 Å². The molecule has 8 heteroatoms. The highest BCUT2D eigenvalue weighted by Crippen LogP contribution is 2.30. The first kappa shape index (κ1) is 15.6. The molecule has 2 aromatic rings. The van der Waals surface area contributed by atoms with E-state index in [1.807, 2.05) is 0 Å². The van der Waals surface area contributed by atoms with Gasteiger partial charge in [0.05, 0.1) is 10.0 Å². The molecule has 0 heterocycles. The lowest BCUT2D eigenvalue weighted by molar-refractivity contribution is 0.595. The molecule has 0 atom stereocenters. The Kier molecular flexibility index (Phi) is 4.59. The Morgan fingerprint density at radius 1 is 1.05 bits per heavy atom. The molecule has 106 valence electrons. The first-order valence-corrected chi connectivity index (χ1v) is 8.26. The third kappa shape index (κ3) is 3.25. The summed E-state index contributed by atoms with van der Waals surface area (Å²) in [6.45, 7) is 0. The van der Waals surface area contributed by atoms with Crippen LogP contribution in [0.1, 0.15) is 0 Å². The Balaban J connectivity index is 2.41. The van der Waals surface area contributed by atoms with Crippen molar-refractivity contribution in [2.45, 2.75) is 4.90 Å². The van der Waals surface area contributed by atoms with Gasteiger partial charge in [0, 0.05) is 10.2 Å². The Morgan fingerprint density at radius 3 is 2.25 bits per heavy atom. The minimum atomic E-state index is -3.99. The van der Waals surface area contributed by atoms with Crippen LogP contribution in [0.2, 0.25) is 10.0 Å². The number of sulfonamides is 1. The van der Waals surface area contributed by atoms with Gasteiger partial charge in [-0.05, 0) is 36.4 Å². The lowest BCUT2D eigenvalue weighted by Gasteiger charge is -2.10.